The molecule has 1 aromatic rings. The summed E-state index contributed by atoms with van der Waals surface area (Å²) in [4.78, 5) is 0. The van der Waals surface area contributed by atoms with E-state index in [-0.39, 0.29) is 0 Å². The minimum atomic E-state index is 0.698. The Bertz CT molecular complexity index is 354. The van der Waals surface area contributed by atoms with Gasteiger partial charge in [0.25, 0.3) is 0 Å². The van der Waals surface area contributed by atoms with Crippen LogP contribution >= 0.6 is 11.8 Å². The lowest BCUT2D eigenvalue weighted by Gasteiger charge is -2.38. The molecule has 0 saturated heterocycles. The van der Waals surface area contributed by atoms with Crippen molar-refractivity contribution in [1.29, 1.82) is 0 Å². The van der Waals surface area contributed by atoms with Crippen LogP contribution in [0, 0.1) is 6.92 Å². The molecule has 1 saturated carbocycles. The normalized spacial score (nSPS) is 24.6. The summed E-state index contributed by atoms with van der Waals surface area (Å²) < 4.78 is 0. The SMILES string of the molecule is CCC(CSC)NC1CC(c2ccc(C)cc2)C1. The van der Waals surface area contributed by atoms with Crippen LogP contribution in [0.3, 0.4) is 0 Å². The number of rotatable bonds is 6. The average Bonchev–Trinajstić information content (AvgIpc) is 2.33. The van der Waals surface area contributed by atoms with E-state index in [9.17, 15) is 0 Å². The molecular weight excluding hydrogens is 238 g/mol. The molecule has 1 fully saturated rings. The second-order valence-electron chi connectivity index (χ2n) is 5.50. The Morgan fingerprint density at radius 2 is 1.94 bits per heavy atom. The fourth-order valence-electron chi connectivity index (χ4n) is 2.68. The molecule has 18 heavy (non-hydrogen) atoms. The van der Waals surface area contributed by atoms with E-state index in [1.807, 2.05) is 11.8 Å². The molecule has 1 aromatic carbocycles. The van der Waals surface area contributed by atoms with Crippen LogP contribution < -0.4 is 5.32 Å². The highest BCUT2D eigenvalue weighted by Crippen LogP contribution is 2.37. The van der Waals surface area contributed by atoms with E-state index < -0.39 is 0 Å². The maximum atomic E-state index is 3.79. The molecular formula is C16H25NS. The van der Waals surface area contributed by atoms with Crippen LogP contribution in [0.25, 0.3) is 0 Å². The van der Waals surface area contributed by atoms with Gasteiger partial charge in [-0.1, -0.05) is 36.8 Å². The van der Waals surface area contributed by atoms with Crippen LogP contribution in [0.1, 0.15) is 43.2 Å². The van der Waals surface area contributed by atoms with Crippen LogP contribution in [0.2, 0.25) is 0 Å². The first kappa shape index (κ1) is 14.0. The van der Waals surface area contributed by atoms with Crippen LogP contribution in [-0.2, 0) is 0 Å². The number of benzene rings is 1. The van der Waals surface area contributed by atoms with Crippen molar-refractivity contribution in [1.82, 2.24) is 5.32 Å². The molecule has 1 aliphatic carbocycles. The van der Waals surface area contributed by atoms with E-state index in [4.69, 9.17) is 0 Å². The second kappa shape index (κ2) is 6.63. The van der Waals surface area contributed by atoms with E-state index >= 15 is 0 Å². The Hall–Kier alpha value is -0.470. The zero-order chi connectivity index (χ0) is 13.0. The van der Waals surface area contributed by atoms with E-state index in [0.717, 1.165) is 12.0 Å². The molecule has 100 valence electrons. The maximum absolute atomic E-state index is 3.79. The Morgan fingerprint density at radius 3 is 2.50 bits per heavy atom. The van der Waals surface area contributed by atoms with Crippen molar-refractivity contribution in [3.05, 3.63) is 35.4 Å². The molecule has 2 heteroatoms. The van der Waals surface area contributed by atoms with Gasteiger partial charge in [0.05, 0.1) is 0 Å². The summed E-state index contributed by atoms with van der Waals surface area (Å²) >= 11 is 1.95. The largest absolute Gasteiger partial charge is 0.310 e. The molecule has 0 radical (unpaired) electrons. The predicted octanol–water partition coefficient (Wildman–Crippen LogP) is 3.97. The van der Waals surface area contributed by atoms with Crippen LogP contribution in [0.4, 0.5) is 0 Å². The highest BCUT2D eigenvalue weighted by Gasteiger charge is 2.31. The summed E-state index contributed by atoms with van der Waals surface area (Å²) in [5.74, 6) is 2.03. The zero-order valence-electron chi connectivity index (χ0n) is 11.8. The Balaban J connectivity index is 1.78. The van der Waals surface area contributed by atoms with Gasteiger partial charge in [0, 0.05) is 17.8 Å². The molecule has 2 rings (SSSR count). The van der Waals surface area contributed by atoms with Gasteiger partial charge in [-0.25, -0.2) is 0 Å². The van der Waals surface area contributed by atoms with Crippen molar-refractivity contribution in [2.75, 3.05) is 12.0 Å². The van der Waals surface area contributed by atoms with Crippen LogP contribution in [0.5, 0.6) is 0 Å². The highest BCUT2D eigenvalue weighted by molar-refractivity contribution is 7.98. The Labute approximate surface area is 116 Å². The molecule has 1 aliphatic rings. The summed E-state index contributed by atoms with van der Waals surface area (Å²) in [5.41, 5.74) is 2.88. The van der Waals surface area contributed by atoms with E-state index in [1.165, 1.54) is 36.1 Å². The lowest BCUT2D eigenvalue weighted by atomic mass is 9.75. The van der Waals surface area contributed by atoms with Gasteiger partial charge in [-0.3, -0.25) is 0 Å². The van der Waals surface area contributed by atoms with Gasteiger partial charge in [-0.15, -0.1) is 0 Å². The highest BCUT2D eigenvalue weighted by atomic mass is 32.2. The van der Waals surface area contributed by atoms with E-state index in [2.05, 4.69) is 49.7 Å². The lowest BCUT2D eigenvalue weighted by molar-refractivity contribution is 0.269. The smallest absolute Gasteiger partial charge is 0.0158 e. The second-order valence-corrected chi connectivity index (χ2v) is 6.41. The molecule has 0 bridgehead atoms. The van der Waals surface area contributed by atoms with Gasteiger partial charge in [-0.2, -0.15) is 11.8 Å². The first-order valence-corrected chi connectivity index (χ1v) is 8.43. The molecule has 0 heterocycles. The topological polar surface area (TPSA) is 12.0 Å². The van der Waals surface area contributed by atoms with E-state index in [0.29, 0.717) is 6.04 Å². The summed E-state index contributed by atoms with van der Waals surface area (Å²) in [5, 5.41) is 3.79. The van der Waals surface area contributed by atoms with Crippen LogP contribution in [-0.4, -0.2) is 24.1 Å². The van der Waals surface area contributed by atoms with Gasteiger partial charge < -0.3 is 5.32 Å². The van der Waals surface area contributed by atoms with Crippen molar-refractivity contribution >= 4 is 11.8 Å². The molecule has 0 aromatic heterocycles. The molecule has 1 nitrogen and oxygen atoms in total. The predicted molar refractivity (Wildman–Crippen MR) is 82.5 cm³/mol. The van der Waals surface area contributed by atoms with Crippen molar-refractivity contribution in [2.45, 2.75) is 51.1 Å². The van der Waals surface area contributed by atoms with Crippen molar-refractivity contribution in [3.63, 3.8) is 0 Å². The van der Waals surface area contributed by atoms with Gasteiger partial charge in [0.1, 0.15) is 0 Å². The Morgan fingerprint density at radius 1 is 1.28 bits per heavy atom. The first-order valence-electron chi connectivity index (χ1n) is 7.04. The van der Waals surface area contributed by atoms with Crippen LogP contribution in [0.15, 0.2) is 24.3 Å². The molecule has 1 atom stereocenters. The van der Waals surface area contributed by atoms with Gasteiger partial charge in [0.2, 0.25) is 0 Å². The standard InChI is InChI=1S/C16H25NS/c1-4-15(11-18-3)17-16-9-14(10-16)13-7-5-12(2)6-8-13/h5-8,14-17H,4,9-11H2,1-3H3. The minimum Gasteiger partial charge on any atom is -0.310 e. The summed E-state index contributed by atoms with van der Waals surface area (Å²) in [6, 6.07) is 10.5. The van der Waals surface area contributed by atoms with Gasteiger partial charge in [0.15, 0.2) is 0 Å². The number of thioether (sulfide) groups is 1. The first-order chi connectivity index (χ1) is 8.72. The quantitative estimate of drug-likeness (QED) is 0.833. The van der Waals surface area contributed by atoms with Crippen molar-refractivity contribution in [2.24, 2.45) is 0 Å². The summed E-state index contributed by atoms with van der Waals surface area (Å²) in [7, 11) is 0. The van der Waals surface area contributed by atoms with Crippen molar-refractivity contribution < 1.29 is 0 Å². The molecule has 0 aliphatic heterocycles. The summed E-state index contributed by atoms with van der Waals surface area (Å²) in [6.45, 7) is 4.44. The Kier molecular flexibility index (Phi) is 5.13. The van der Waals surface area contributed by atoms with Gasteiger partial charge >= 0.3 is 0 Å². The molecule has 0 spiro atoms. The third-order valence-electron chi connectivity index (χ3n) is 4.02. The number of nitrogens with one attached hydrogen (secondary N) is 1. The fourth-order valence-corrected chi connectivity index (χ4v) is 3.42. The third-order valence-corrected chi connectivity index (χ3v) is 4.75. The third kappa shape index (κ3) is 3.52. The zero-order valence-corrected chi connectivity index (χ0v) is 12.6. The van der Waals surface area contributed by atoms with Crippen molar-refractivity contribution in [3.8, 4) is 0 Å². The maximum Gasteiger partial charge on any atom is 0.0158 e. The number of hydrogen-bond donors (Lipinski definition) is 1. The van der Waals surface area contributed by atoms with Gasteiger partial charge in [-0.05, 0) is 43.9 Å². The monoisotopic (exact) mass is 263 g/mol. The fraction of sp³-hybridized carbons (Fsp3) is 0.625. The molecule has 1 unspecified atom stereocenters. The summed E-state index contributed by atoms with van der Waals surface area (Å²) in [6.07, 6.45) is 6.06. The number of aryl methyl sites for hydroxylation is 1. The van der Waals surface area contributed by atoms with E-state index in [1.54, 1.807) is 0 Å². The number of hydrogen-bond acceptors (Lipinski definition) is 2. The lowest BCUT2D eigenvalue weighted by Crippen LogP contribution is -2.46. The molecule has 0 amide bonds. The molecule has 1 N–H and O–H groups in total. The minimum absolute atomic E-state index is 0.698. The average molecular weight is 263 g/mol.